The maximum Gasteiger partial charge on any atom is 0.330 e. The zero-order valence-electron chi connectivity index (χ0n) is 17.9. The Balaban J connectivity index is 1.78. The molecule has 0 radical (unpaired) electrons. The van der Waals surface area contributed by atoms with E-state index >= 15 is 0 Å². The number of aromatic nitrogens is 2. The fourth-order valence-electron chi connectivity index (χ4n) is 3.91. The van der Waals surface area contributed by atoms with Crippen molar-refractivity contribution in [2.75, 3.05) is 30.3 Å². The highest BCUT2D eigenvalue weighted by Gasteiger charge is 2.33. The Bertz CT molecular complexity index is 1040. The Kier molecular flexibility index (Phi) is 7.32. The first-order valence-corrected chi connectivity index (χ1v) is 11.5. The molecule has 1 aliphatic rings. The molecule has 0 saturated carbocycles. The van der Waals surface area contributed by atoms with Gasteiger partial charge in [0.05, 0.1) is 4.88 Å². The number of thiophene rings is 1. The van der Waals surface area contributed by atoms with Crippen LogP contribution in [0, 0.1) is 5.92 Å². The van der Waals surface area contributed by atoms with Crippen LogP contribution in [0.15, 0.2) is 27.1 Å². The van der Waals surface area contributed by atoms with Gasteiger partial charge in [-0.15, -0.1) is 11.3 Å². The lowest BCUT2D eigenvalue weighted by Gasteiger charge is -2.34. The molecule has 0 bridgehead atoms. The van der Waals surface area contributed by atoms with Gasteiger partial charge in [0.15, 0.2) is 5.69 Å². The molecule has 0 aliphatic carbocycles. The predicted octanol–water partition coefficient (Wildman–Crippen LogP) is 1.89. The normalized spacial score (nSPS) is 14.6. The smallest absolute Gasteiger partial charge is 0.330 e. The lowest BCUT2D eigenvalue weighted by molar-refractivity contribution is -0.123. The van der Waals surface area contributed by atoms with Crippen LogP contribution in [0.2, 0.25) is 0 Å². The number of hydrogen-bond acceptors (Lipinski definition) is 6. The van der Waals surface area contributed by atoms with Gasteiger partial charge in [0.2, 0.25) is 5.91 Å². The monoisotopic (exact) mass is 447 g/mol. The molecule has 1 aliphatic heterocycles. The number of aromatic amines is 1. The molecule has 0 spiro atoms. The third-order valence-electron chi connectivity index (χ3n) is 5.66. The second-order valence-electron chi connectivity index (χ2n) is 7.62. The highest BCUT2D eigenvalue weighted by molar-refractivity contribution is 7.12. The van der Waals surface area contributed by atoms with E-state index in [0.29, 0.717) is 37.4 Å². The number of rotatable bonds is 7. The topological polar surface area (TPSA) is 121 Å². The van der Waals surface area contributed by atoms with Gasteiger partial charge in [-0.1, -0.05) is 19.4 Å². The number of nitrogens with zero attached hydrogens (tertiary/aromatic N) is 3. The minimum Gasteiger partial charge on any atom is -0.383 e. The molecule has 9 nitrogen and oxygen atoms in total. The zero-order valence-corrected chi connectivity index (χ0v) is 18.7. The van der Waals surface area contributed by atoms with Gasteiger partial charge >= 0.3 is 5.69 Å². The van der Waals surface area contributed by atoms with E-state index in [4.69, 9.17) is 5.73 Å². The average Bonchev–Trinajstić information content (AvgIpc) is 3.30. The molecule has 3 rings (SSSR count). The Labute approximate surface area is 184 Å². The zero-order chi connectivity index (χ0) is 22.5. The summed E-state index contributed by atoms with van der Waals surface area (Å²) in [4.78, 5) is 56.7. The van der Waals surface area contributed by atoms with Gasteiger partial charge < -0.3 is 15.5 Å². The van der Waals surface area contributed by atoms with Gasteiger partial charge in [-0.3, -0.25) is 23.9 Å². The highest BCUT2D eigenvalue weighted by atomic mass is 32.1. The van der Waals surface area contributed by atoms with E-state index in [9.17, 15) is 19.2 Å². The summed E-state index contributed by atoms with van der Waals surface area (Å²) in [5, 5.41) is 1.87. The van der Waals surface area contributed by atoms with E-state index in [2.05, 4.69) is 4.98 Å². The Morgan fingerprint density at radius 1 is 1.26 bits per heavy atom. The Hall–Kier alpha value is -2.88. The predicted molar refractivity (Wildman–Crippen MR) is 122 cm³/mol. The van der Waals surface area contributed by atoms with Crippen LogP contribution in [0.4, 0.5) is 11.5 Å². The van der Waals surface area contributed by atoms with Crippen molar-refractivity contribution in [1.82, 2.24) is 14.5 Å². The van der Waals surface area contributed by atoms with Crippen molar-refractivity contribution in [3.05, 3.63) is 43.2 Å². The fraction of sp³-hybridized carbons (Fsp3) is 0.524. The lowest BCUT2D eigenvalue weighted by atomic mass is 9.95. The van der Waals surface area contributed by atoms with E-state index in [-0.39, 0.29) is 35.8 Å². The van der Waals surface area contributed by atoms with Crippen molar-refractivity contribution >= 4 is 34.7 Å². The molecule has 0 atom stereocenters. The summed E-state index contributed by atoms with van der Waals surface area (Å²) in [5.74, 6) is -0.523. The van der Waals surface area contributed by atoms with Crippen LogP contribution in [0.3, 0.4) is 0 Å². The summed E-state index contributed by atoms with van der Waals surface area (Å²) in [6.45, 7) is 5.35. The molecule has 2 aromatic heterocycles. The summed E-state index contributed by atoms with van der Waals surface area (Å²) in [7, 11) is 0. The van der Waals surface area contributed by atoms with Gasteiger partial charge in [0.25, 0.3) is 11.5 Å². The highest BCUT2D eigenvalue weighted by Crippen LogP contribution is 2.26. The molecule has 2 aromatic rings. The van der Waals surface area contributed by atoms with Crippen molar-refractivity contribution in [3.63, 3.8) is 0 Å². The maximum absolute atomic E-state index is 13.3. The SMILES string of the molecule is CCCCn1c(N)c(N(CC)C(=O)C2CCN(C(=O)c3cccs3)CC2)c(=O)[nH]c1=O. The first-order chi connectivity index (χ1) is 14.9. The van der Waals surface area contributed by atoms with Crippen molar-refractivity contribution < 1.29 is 9.59 Å². The molecule has 31 heavy (non-hydrogen) atoms. The summed E-state index contributed by atoms with van der Waals surface area (Å²) in [6, 6.07) is 3.64. The van der Waals surface area contributed by atoms with Crippen LogP contribution in [0.5, 0.6) is 0 Å². The maximum atomic E-state index is 13.3. The van der Waals surface area contributed by atoms with Gasteiger partial charge in [0, 0.05) is 32.1 Å². The first-order valence-electron chi connectivity index (χ1n) is 10.7. The average molecular weight is 448 g/mol. The first kappa shape index (κ1) is 22.8. The number of anilines is 2. The van der Waals surface area contributed by atoms with Crippen molar-refractivity contribution in [2.45, 2.75) is 46.1 Å². The number of hydrogen-bond donors (Lipinski definition) is 2. The number of piperidine rings is 1. The van der Waals surface area contributed by atoms with E-state index in [0.717, 1.165) is 12.8 Å². The molecule has 168 valence electrons. The van der Waals surface area contributed by atoms with E-state index in [1.807, 2.05) is 18.4 Å². The molecule has 2 amide bonds. The van der Waals surface area contributed by atoms with E-state index in [1.165, 1.54) is 20.8 Å². The molecular weight excluding hydrogens is 418 g/mol. The van der Waals surface area contributed by atoms with Crippen LogP contribution in [-0.4, -0.2) is 45.9 Å². The van der Waals surface area contributed by atoms with Crippen molar-refractivity contribution in [1.29, 1.82) is 0 Å². The number of unbranched alkanes of at least 4 members (excludes halogenated alkanes) is 1. The van der Waals surface area contributed by atoms with Crippen molar-refractivity contribution in [2.24, 2.45) is 5.92 Å². The fourth-order valence-corrected chi connectivity index (χ4v) is 4.60. The second-order valence-corrected chi connectivity index (χ2v) is 8.57. The molecule has 10 heteroatoms. The number of carbonyl (C=O) groups excluding carboxylic acids is 2. The number of carbonyl (C=O) groups is 2. The van der Waals surface area contributed by atoms with Crippen LogP contribution in [0.25, 0.3) is 0 Å². The van der Waals surface area contributed by atoms with E-state index < -0.39 is 11.2 Å². The van der Waals surface area contributed by atoms with Crippen molar-refractivity contribution in [3.8, 4) is 0 Å². The summed E-state index contributed by atoms with van der Waals surface area (Å²) in [5.41, 5.74) is 4.99. The molecule has 3 N–H and O–H groups in total. The van der Waals surface area contributed by atoms with Crippen LogP contribution in [-0.2, 0) is 11.3 Å². The van der Waals surface area contributed by atoms with Gasteiger partial charge in [-0.2, -0.15) is 0 Å². The molecular formula is C21H29N5O4S. The molecule has 3 heterocycles. The quantitative estimate of drug-likeness (QED) is 0.671. The number of likely N-dealkylation sites (tertiary alicyclic amines) is 1. The molecule has 1 fully saturated rings. The summed E-state index contributed by atoms with van der Waals surface area (Å²) < 4.78 is 1.32. The molecule has 0 aromatic carbocycles. The second kappa shape index (κ2) is 9.95. The largest absolute Gasteiger partial charge is 0.383 e. The standard InChI is InChI=1S/C21H29N5O4S/c1-3-5-10-26-17(22)16(18(27)23-21(26)30)25(4-2)19(28)14-8-11-24(12-9-14)20(29)15-7-6-13-31-15/h6-7,13-14H,3-5,8-12,22H2,1-2H3,(H,23,27,30). The molecule has 1 saturated heterocycles. The Morgan fingerprint density at radius 2 is 1.97 bits per heavy atom. The van der Waals surface area contributed by atoms with Gasteiger partial charge in [-0.25, -0.2) is 4.79 Å². The Morgan fingerprint density at radius 3 is 2.55 bits per heavy atom. The van der Waals surface area contributed by atoms with Crippen LogP contribution < -0.4 is 21.9 Å². The summed E-state index contributed by atoms with van der Waals surface area (Å²) >= 11 is 1.40. The van der Waals surface area contributed by atoms with E-state index in [1.54, 1.807) is 17.9 Å². The lowest BCUT2D eigenvalue weighted by Crippen LogP contribution is -2.47. The number of nitrogens with two attached hydrogens (primary N) is 1. The number of nitrogen functional groups attached to an aromatic ring is 1. The van der Waals surface area contributed by atoms with Crippen LogP contribution >= 0.6 is 11.3 Å². The van der Waals surface area contributed by atoms with Crippen LogP contribution in [0.1, 0.15) is 49.2 Å². The number of nitrogens with one attached hydrogen (secondary N) is 1. The van der Waals surface area contributed by atoms with Gasteiger partial charge in [0.1, 0.15) is 5.82 Å². The third kappa shape index (κ3) is 4.73. The number of amides is 2. The molecule has 0 unspecified atom stereocenters. The minimum absolute atomic E-state index is 0.0164. The number of H-pyrrole nitrogens is 1. The summed E-state index contributed by atoms with van der Waals surface area (Å²) in [6.07, 6.45) is 2.62. The minimum atomic E-state index is -0.657. The van der Waals surface area contributed by atoms with Gasteiger partial charge in [-0.05, 0) is 37.6 Å². The third-order valence-corrected chi connectivity index (χ3v) is 6.52.